The first-order chi connectivity index (χ1) is 9.61. The summed E-state index contributed by atoms with van der Waals surface area (Å²) in [5.41, 5.74) is 3.65. The normalized spacial score (nSPS) is 12.4. The predicted molar refractivity (Wildman–Crippen MR) is 78.0 cm³/mol. The molecule has 20 heavy (non-hydrogen) atoms. The maximum atomic E-state index is 13.5. The molecule has 1 heterocycles. The third-order valence-electron chi connectivity index (χ3n) is 3.25. The minimum atomic E-state index is -0.228. The second kappa shape index (κ2) is 6.57. The van der Waals surface area contributed by atoms with E-state index in [0.29, 0.717) is 0 Å². The van der Waals surface area contributed by atoms with Crippen molar-refractivity contribution in [1.82, 2.24) is 15.3 Å². The maximum absolute atomic E-state index is 13.5. The maximum Gasteiger partial charge on any atom is 0.123 e. The van der Waals surface area contributed by atoms with Crippen molar-refractivity contribution in [3.63, 3.8) is 0 Å². The standard InChI is InChI=1S/C16H20FN3/c1-4-7-18-16(15-10-19-12(3)9-20-15)14-8-13(17)6-5-11(14)2/h5-6,8-10,16,18H,4,7H2,1-3H3. The lowest BCUT2D eigenvalue weighted by molar-refractivity contribution is 0.571. The van der Waals surface area contributed by atoms with E-state index in [2.05, 4.69) is 22.2 Å². The van der Waals surface area contributed by atoms with E-state index in [-0.39, 0.29) is 11.9 Å². The van der Waals surface area contributed by atoms with Crippen LogP contribution in [0.4, 0.5) is 4.39 Å². The van der Waals surface area contributed by atoms with Crippen LogP contribution >= 0.6 is 0 Å². The predicted octanol–water partition coefficient (Wildman–Crippen LogP) is 3.32. The van der Waals surface area contributed by atoms with E-state index in [4.69, 9.17) is 0 Å². The van der Waals surface area contributed by atoms with E-state index in [9.17, 15) is 4.39 Å². The molecule has 3 nitrogen and oxygen atoms in total. The van der Waals surface area contributed by atoms with Gasteiger partial charge in [0.25, 0.3) is 0 Å². The van der Waals surface area contributed by atoms with Crippen molar-refractivity contribution >= 4 is 0 Å². The quantitative estimate of drug-likeness (QED) is 0.908. The summed E-state index contributed by atoms with van der Waals surface area (Å²) in [5.74, 6) is -0.228. The van der Waals surface area contributed by atoms with E-state index >= 15 is 0 Å². The van der Waals surface area contributed by atoms with Gasteiger partial charge in [-0.3, -0.25) is 9.97 Å². The lowest BCUT2D eigenvalue weighted by atomic mass is 9.98. The zero-order chi connectivity index (χ0) is 14.5. The molecule has 1 atom stereocenters. The minimum absolute atomic E-state index is 0.126. The van der Waals surface area contributed by atoms with Gasteiger partial charge in [0.05, 0.1) is 23.6 Å². The van der Waals surface area contributed by atoms with Crippen LogP contribution in [-0.4, -0.2) is 16.5 Å². The zero-order valence-corrected chi connectivity index (χ0v) is 12.2. The van der Waals surface area contributed by atoms with Crippen LogP contribution in [0.15, 0.2) is 30.6 Å². The highest BCUT2D eigenvalue weighted by atomic mass is 19.1. The second-order valence-corrected chi connectivity index (χ2v) is 4.97. The van der Waals surface area contributed by atoms with Crippen molar-refractivity contribution in [2.24, 2.45) is 0 Å². The highest BCUT2D eigenvalue weighted by Crippen LogP contribution is 2.24. The Labute approximate surface area is 119 Å². The first-order valence-electron chi connectivity index (χ1n) is 6.89. The Balaban J connectivity index is 2.41. The van der Waals surface area contributed by atoms with Gasteiger partial charge in [0.1, 0.15) is 5.82 Å². The number of halogens is 1. The SMILES string of the molecule is CCCNC(c1cnc(C)cn1)c1cc(F)ccc1C. The smallest absolute Gasteiger partial charge is 0.123 e. The highest BCUT2D eigenvalue weighted by Gasteiger charge is 2.17. The third-order valence-corrected chi connectivity index (χ3v) is 3.25. The highest BCUT2D eigenvalue weighted by molar-refractivity contribution is 5.34. The van der Waals surface area contributed by atoms with E-state index in [1.165, 1.54) is 6.07 Å². The number of hydrogen-bond donors (Lipinski definition) is 1. The summed E-state index contributed by atoms with van der Waals surface area (Å²) in [6, 6.07) is 4.73. The van der Waals surface area contributed by atoms with Crippen molar-refractivity contribution in [3.8, 4) is 0 Å². The van der Waals surface area contributed by atoms with Gasteiger partial charge in [0.2, 0.25) is 0 Å². The summed E-state index contributed by atoms with van der Waals surface area (Å²) >= 11 is 0. The van der Waals surface area contributed by atoms with E-state index in [1.807, 2.05) is 13.8 Å². The Morgan fingerprint density at radius 1 is 1.20 bits per heavy atom. The van der Waals surface area contributed by atoms with Gasteiger partial charge in [0, 0.05) is 6.20 Å². The lowest BCUT2D eigenvalue weighted by Crippen LogP contribution is -2.25. The minimum Gasteiger partial charge on any atom is -0.305 e. The molecule has 106 valence electrons. The lowest BCUT2D eigenvalue weighted by Gasteiger charge is -2.20. The Hall–Kier alpha value is -1.81. The number of aromatic nitrogens is 2. The molecule has 0 radical (unpaired) electrons. The third kappa shape index (κ3) is 3.39. The molecule has 0 saturated heterocycles. The Kier molecular flexibility index (Phi) is 4.79. The summed E-state index contributed by atoms with van der Waals surface area (Å²) < 4.78 is 13.5. The number of benzene rings is 1. The first-order valence-corrected chi connectivity index (χ1v) is 6.89. The molecule has 2 aromatic rings. The van der Waals surface area contributed by atoms with Crippen LogP contribution in [-0.2, 0) is 0 Å². The van der Waals surface area contributed by atoms with Crippen LogP contribution in [0.5, 0.6) is 0 Å². The molecule has 4 heteroatoms. The molecule has 0 aliphatic heterocycles. The monoisotopic (exact) mass is 273 g/mol. The number of nitrogens with one attached hydrogen (secondary N) is 1. The van der Waals surface area contributed by atoms with Gasteiger partial charge in [0.15, 0.2) is 0 Å². The molecule has 1 aromatic carbocycles. The van der Waals surface area contributed by atoms with Crippen molar-refractivity contribution < 1.29 is 4.39 Å². The van der Waals surface area contributed by atoms with Crippen molar-refractivity contribution in [2.45, 2.75) is 33.2 Å². The molecule has 0 amide bonds. The van der Waals surface area contributed by atoms with Crippen LogP contribution in [0.25, 0.3) is 0 Å². The number of nitrogens with zero attached hydrogens (tertiary/aromatic N) is 2. The van der Waals surface area contributed by atoms with Gasteiger partial charge in [-0.15, -0.1) is 0 Å². The van der Waals surface area contributed by atoms with Gasteiger partial charge in [-0.2, -0.15) is 0 Å². The molecule has 1 N–H and O–H groups in total. The van der Waals surface area contributed by atoms with Crippen LogP contribution in [0.1, 0.15) is 41.9 Å². The second-order valence-electron chi connectivity index (χ2n) is 4.97. The van der Waals surface area contributed by atoms with Crippen LogP contribution in [0.3, 0.4) is 0 Å². The zero-order valence-electron chi connectivity index (χ0n) is 12.2. The number of hydrogen-bond acceptors (Lipinski definition) is 3. The number of rotatable bonds is 5. The fraction of sp³-hybridized carbons (Fsp3) is 0.375. The van der Waals surface area contributed by atoms with Gasteiger partial charge in [-0.25, -0.2) is 4.39 Å². The molecular weight excluding hydrogens is 253 g/mol. The molecule has 0 saturated carbocycles. The molecule has 1 unspecified atom stereocenters. The molecule has 0 bridgehead atoms. The van der Waals surface area contributed by atoms with E-state index in [0.717, 1.165) is 35.5 Å². The fourth-order valence-corrected chi connectivity index (χ4v) is 2.14. The van der Waals surface area contributed by atoms with Crippen molar-refractivity contribution in [3.05, 3.63) is 58.9 Å². The summed E-state index contributed by atoms with van der Waals surface area (Å²) in [4.78, 5) is 8.72. The average molecular weight is 273 g/mol. The summed E-state index contributed by atoms with van der Waals surface area (Å²) in [6.07, 6.45) is 4.50. The fourth-order valence-electron chi connectivity index (χ4n) is 2.14. The van der Waals surface area contributed by atoms with Crippen LogP contribution in [0, 0.1) is 19.7 Å². The van der Waals surface area contributed by atoms with Gasteiger partial charge < -0.3 is 5.32 Å². The average Bonchev–Trinajstić information content (AvgIpc) is 2.44. The molecule has 0 fully saturated rings. The summed E-state index contributed by atoms with van der Waals surface area (Å²) in [6.45, 7) is 6.83. The largest absolute Gasteiger partial charge is 0.305 e. The summed E-state index contributed by atoms with van der Waals surface area (Å²) in [5, 5.41) is 3.42. The topological polar surface area (TPSA) is 37.8 Å². The summed E-state index contributed by atoms with van der Waals surface area (Å²) in [7, 11) is 0. The Bertz CT molecular complexity index is 566. The van der Waals surface area contributed by atoms with Crippen LogP contribution in [0.2, 0.25) is 0 Å². The molecule has 0 aliphatic carbocycles. The van der Waals surface area contributed by atoms with Gasteiger partial charge in [-0.1, -0.05) is 13.0 Å². The van der Waals surface area contributed by atoms with Gasteiger partial charge in [-0.05, 0) is 50.1 Å². The van der Waals surface area contributed by atoms with Crippen LogP contribution < -0.4 is 5.32 Å². The van der Waals surface area contributed by atoms with Gasteiger partial charge >= 0.3 is 0 Å². The number of aryl methyl sites for hydroxylation is 2. The van der Waals surface area contributed by atoms with E-state index in [1.54, 1.807) is 24.5 Å². The molecular formula is C16H20FN3. The van der Waals surface area contributed by atoms with Crippen molar-refractivity contribution in [2.75, 3.05) is 6.54 Å². The molecule has 0 spiro atoms. The first kappa shape index (κ1) is 14.6. The molecule has 1 aromatic heterocycles. The van der Waals surface area contributed by atoms with Crippen molar-refractivity contribution in [1.29, 1.82) is 0 Å². The molecule has 0 aliphatic rings. The Morgan fingerprint density at radius 2 is 2.00 bits per heavy atom. The Morgan fingerprint density at radius 3 is 2.65 bits per heavy atom. The molecule has 2 rings (SSSR count). The van der Waals surface area contributed by atoms with E-state index < -0.39 is 0 Å².